The van der Waals surface area contributed by atoms with Crippen LogP contribution >= 0.6 is 0 Å². The predicted molar refractivity (Wildman–Crippen MR) is 98.5 cm³/mol. The molecular formula is C18H23N3O3S. The molecule has 0 bridgehead atoms. The van der Waals surface area contributed by atoms with Gasteiger partial charge in [-0.05, 0) is 37.3 Å². The summed E-state index contributed by atoms with van der Waals surface area (Å²) < 4.78 is 34.0. The van der Waals surface area contributed by atoms with Gasteiger partial charge in [-0.1, -0.05) is 29.8 Å². The van der Waals surface area contributed by atoms with Crippen LogP contribution < -0.4 is 4.72 Å². The summed E-state index contributed by atoms with van der Waals surface area (Å²) in [5.41, 5.74) is 2.45. The predicted octanol–water partition coefficient (Wildman–Crippen LogP) is 3.03. The number of nitrogens with zero attached hydrogens (tertiary/aromatic N) is 2. The van der Waals surface area contributed by atoms with E-state index in [4.69, 9.17) is 4.74 Å². The Morgan fingerprint density at radius 1 is 1.28 bits per heavy atom. The maximum atomic E-state index is 12.2. The van der Waals surface area contributed by atoms with Gasteiger partial charge >= 0.3 is 0 Å². The van der Waals surface area contributed by atoms with Gasteiger partial charge in [-0.3, -0.25) is 9.40 Å². The molecule has 1 aliphatic rings. The second-order valence-electron chi connectivity index (χ2n) is 6.37. The molecule has 6 nitrogen and oxygen atoms in total. The zero-order chi connectivity index (χ0) is 17.7. The van der Waals surface area contributed by atoms with Crippen LogP contribution in [0.4, 0.5) is 5.69 Å². The molecule has 7 heteroatoms. The van der Waals surface area contributed by atoms with E-state index in [0.717, 1.165) is 43.7 Å². The second kappa shape index (κ2) is 7.84. The maximum absolute atomic E-state index is 12.2. The molecule has 3 rings (SSSR count). The van der Waals surface area contributed by atoms with Crippen molar-refractivity contribution < 1.29 is 13.2 Å². The van der Waals surface area contributed by atoms with Gasteiger partial charge in [-0.15, -0.1) is 0 Å². The lowest BCUT2D eigenvalue weighted by molar-refractivity contribution is 0.0601. The number of hydrogen-bond donors (Lipinski definition) is 1. The summed E-state index contributed by atoms with van der Waals surface area (Å²) in [6, 6.07) is 7.65. The highest BCUT2D eigenvalue weighted by Gasteiger charge is 2.15. The van der Waals surface area contributed by atoms with Crippen LogP contribution in [0, 0.1) is 12.8 Å². The van der Waals surface area contributed by atoms with Crippen molar-refractivity contribution in [3.63, 3.8) is 0 Å². The van der Waals surface area contributed by atoms with Gasteiger partial charge in [0, 0.05) is 26.0 Å². The molecule has 0 saturated carbocycles. The summed E-state index contributed by atoms with van der Waals surface area (Å²) >= 11 is 0. The molecule has 0 radical (unpaired) electrons. The average Bonchev–Trinajstić information content (AvgIpc) is 3.01. The molecule has 1 N–H and O–H groups in total. The number of benzene rings is 1. The van der Waals surface area contributed by atoms with Crippen molar-refractivity contribution in [2.24, 2.45) is 5.92 Å². The zero-order valence-corrected chi connectivity index (χ0v) is 15.1. The van der Waals surface area contributed by atoms with Gasteiger partial charge in [-0.25, -0.2) is 8.42 Å². The van der Waals surface area contributed by atoms with E-state index in [-0.39, 0.29) is 0 Å². The van der Waals surface area contributed by atoms with E-state index in [2.05, 4.69) is 9.82 Å². The summed E-state index contributed by atoms with van der Waals surface area (Å²) in [6.45, 7) is 4.35. The molecule has 0 unspecified atom stereocenters. The van der Waals surface area contributed by atoms with Crippen LogP contribution in [0.2, 0.25) is 0 Å². The third-order valence-corrected chi connectivity index (χ3v) is 5.21. The lowest BCUT2D eigenvalue weighted by Crippen LogP contribution is -2.20. The summed E-state index contributed by atoms with van der Waals surface area (Å²) in [7, 11) is -3.57. The fourth-order valence-corrected chi connectivity index (χ4v) is 3.59. The van der Waals surface area contributed by atoms with Crippen LogP contribution in [0.3, 0.4) is 0 Å². The Kier molecular flexibility index (Phi) is 5.55. The van der Waals surface area contributed by atoms with Gasteiger partial charge in [0.1, 0.15) is 0 Å². The van der Waals surface area contributed by atoms with Crippen molar-refractivity contribution in [2.45, 2.75) is 26.3 Å². The minimum atomic E-state index is -3.57. The Morgan fingerprint density at radius 2 is 2.00 bits per heavy atom. The number of rotatable bonds is 6. The Hall–Kier alpha value is -2.12. The number of sulfonamides is 1. The van der Waals surface area contributed by atoms with E-state index in [1.54, 1.807) is 17.0 Å². The van der Waals surface area contributed by atoms with Crippen molar-refractivity contribution >= 4 is 21.8 Å². The highest BCUT2D eigenvalue weighted by molar-refractivity contribution is 7.95. The van der Waals surface area contributed by atoms with Crippen LogP contribution in [0.25, 0.3) is 6.08 Å². The Labute approximate surface area is 148 Å². The lowest BCUT2D eigenvalue weighted by atomic mass is 10.0. The van der Waals surface area contributed by atoms with Crippen molar-refractivity contribution in [2.75, 3.05) is 17.9 Å². The Bertz CT molecular complexity index is 820. The van der Waals surface area contributed by atoms with Gasteiger partial charge < -0.3 is 4.74 Å². The van der Waals surface area contributed by atoms with Crippen LogP contribution in [0.15, 0.2) is 42.1 Å². The standard InChI is InChI=1S/C18H23N3O3S/c1-15-2-4-16(5-3-15)8-11-25(22,23)20-18-12-19-21(14-18)13-17-6-9-24-10-7-17/h2-5,8,11-12,14,17,20H,6-7,9-10,13H2,1H3/b11-8+. The minimum absolute atomic E-state index is 0.473. The molecule has 1 aliphatic heterocycles. The normalized spacial score (nSPS) is 16.4. The van der Waals surface area contributed by atoms with E-state index in [1.165, 1.54) is 11.6 Å². The maximum Gasteiger partial charge on any atom is 0.255 e. The van der Waals surface area contributed by atoms with Crippen molar-refractivity contribution in [3.8, 4) is 0 Å². The van der Waals surface area contributed by atoms with Crippen LogP contribution in [0.1, 0.15) is 24.0 Å². The first-order valence-electron chi connectivity index (χ1n) is 8.38. The first-order chi connectivity index (χ1) is 12.0. The zero-order valence-electron chi connectivity index (χ0n) is 14.3. The first kappa shape index (κ1) is 17.7. The number of hydrogen-bond acceptors (Lipinski definition) is 4. The summed E-state index contributed by atoms with van der Waals surface area (Å²) in [5, 5.41) is 5.42. The van der Waals surface area contributed by atoms with Gasteiger partial charge in [0.05, 0.1) is 17.3 Å². The topological polar surface area (TPSA) is 73.2 Å². The number of anilines is 1. The summed E-state index contributed by atoms with van der Waals surface area (Å²) in [5.74, 6) is 0.527. The number of nitrogens with one attached hydrogen (secondary N) is 1. The van der Waals surface area contributed by atoms with E-state index < -0.39 is 10.0 Å². The Balaban J connectivity index is 1.59. The molecule has 1 aromatic heterocycles. The first-order valence-corrected chi connectivity index (χ1v) is 9.92. The third kappa shape index (κ3) is 5.44. The van der Waals surface area contributed by atoms with Crippen molar-refractivity contribution in [3.05, 3.63) is 53.2 Å². The lowest BCUT2D eigenvalue weighted by Gasteiger charge is -2.21. The number of aryl methyl sites for hydroxylation is 1. The second-order valence-corrected chi connectivity index (χ2v) is 7.93. The van der Waals surface area contributed by atoms with Gasteiger partial charge in [0.25, 0.3) is 10.0 Å². The number of aromatic nitrogens is 2. The van der Waals surface area contributed by atoms with E-state index in [0.29, 0.717) is 11.6 Å². The van der Waals surface area contributed by atoms with Crippen LogP contribution in [-0.2, 0) is 21.3 Å². The molecule has 2 aromatic rings. The smallest absolute Gasteiger partial charge is 0.255 e. The molecule has 25 heavy (non-hydrogen) atoms. The summed E-state index contributed by atoms with van der Waals surface area (Å²) in [6.07, 6.45) is 6.87. The minimum Gasteiger partial charge on any atom is -0.381 e. The van der Waals surface area contributed by atoms with Crippen molar-refractivity contribution in [1.29, 1.82) is 0 Å². The highest BCUT2D eigenvalue weighted by atomic mass is 32.2. The Morgan fingerprint density at radius 3 is 2.72 bits per heavy atom. The monoisotopic (exact) mass is 361 g/mol. The molecule has 1 fully saturated rings. The number of ether oxygens (including phenoxy) is 1. The quantitative estimate of drug-likeness (QED) is 0.858. The van der Waals surface area contributed by atoms with Gasteiger partial charge in [-0.2, -0.15) is 5.10 Å². The molecule has 0 spiro atoms. The summed E-state index contributed by atoms with van der Waals surface area (Å²) in [4.78, 5) is 0. The van der Waals surface area contributed by atoms with E-state index in [1.807, 2.05) is 31.2 Å². The molecule has 1 saturated heterocycles. The third-order valence-electron chi connectivity index (χ3n) is 4.20. The molecule has 2 heterocycles. The largest absolute Gasteiger partial charge is 0.381 e. The fraction of sp³-hybridized carbons (Fsp3) is 0.389. The van der Waals surface area contributed by atoms with Crippen molar-refractivity contribution in [1.82, 2.24) is 9.78 Å². The SMILES string of the molecule is Cc1ccc(/C=C/S(=O)(=O)Nc2cnn(CC3CCOCC3)c2)cc1. The molecule has 1 aromatic carbocycles. The van der Waals surface area contributed by atoms with E-state index >= 15 is 0 Å². The van der Waals surface area contributed by atoms with Crippen LogP contribution in [0.5, 0.6) is 0 Å². The molecule has 0 atom stereocenters. The fourth-order valence-electron chi connectivity index (χ4n) is 2.75. The van der Waals surface area contributed by atoms with Crippen LogP contribution in [-0.4, -0.2) is 31.4 Å². The molecule has 0 aliphatic carbocycles. The highest BCUT2D eigenvalue weighted by Crippen LogP contribution is 2.18. The average molecular weight is 361 g/mol. The van der Waals surface area contributed by atoms with Gasteiger partial charge in [0.15, 0.2) is 0 Å². The van der Waals surface area contributed by atoms with Gasteiger partial charge in [0.2, 0.25) is 0 Å². The molecule has 0 amide bonds. The molecule has 134 valence electrons. The molecular weight excluding hydrogens is 338 g/mol. The van der Waals surface area contributed by atoms with E-state index in [9.17, 15) is 8.42 Å².